The summed E-state index contributed by atoms with van der Waals surface area (Å²) in [6.07, 6.45) is 3.56. The van der Waals surface area contributed by atoms with Crippen molar-refractivity contribution in [3.63, 3.8) is 0 Å². The maximum Gasteiger partial charge on any atom is 0.142 e. The summed E-state index contributed by atoms with van der Waals surface area (Å²) in [4.78, 5) is 7.17. The maximum absolute atomic E-state index is 5.18. The first-order chi connectivity index (χ1) is 5.83. The number of ether oxygens (including phenoxy) is 1. The minimum atomic E-state index is 0.827. The highest BCUT2D eigenvalue weighted by atomic mass is 79.9. The third kappa shape index (κ3) is 0.992. The molecule has 0 aliphatic heterocycles. The molecule has 0 aliphatic carbocycles. The second kappa shape index (κ2) is 2.79. The predicted molar refractivity (Wildman–Crippen MR) is 50.3 cm³/mol. The van der Waals surface area contributed by atoms with E-state index in [2.05, 4.69) is 25.9 Å². The molecule has 0 saturated carbocycles. The van der Waals surface area contributed by atoms with E-state index < -0.39 is 0 Å². The zero-order valence-electron chi connectivity index (χ0n) is 6.47. The Morgan fingerprint density at radius 2 is 2.42 bits per heavy atom. The zero-order valence-corrected chi connectivity index (χ0v) is 8.05. The van der Waals surface area contributed by atoms with Gasteiger partial charge in [0.2, 0.25) is 0 Å². The predicted octanol–water partition coefficient (Wildman–Crippen LogP) is 2.33. The molecule has 0 aliphatic rings. The second-order valence-corrected chi connectivity index (χ2v) is 3.23. The van der Waals surface area contributed by atoms with E-state index in [0.29, 0.717) is 0 Å². The molecule has 1 N–H and O–H groups in total. The van der Waals surface area contributed by atoms with Gasteiger partial charge in [-0.05, 0) is 22.0 Å². The average Bonchev–Trinajstić information content (AvgIpc) is 2.48. The van der Waals surface area contributed by atoms with Crippen LogP contribution in [0, 0.1) is 0 Å². The van der Waals surface area contributed by atoms with Crippen LogP contribution < -0.4 is 4.74 Å². The molecule has 2 aromatic heterocycles. The van der Waals surface area contributed by atoms with Crippen molar-refractivity contribution in [2.24, 2.45) is 0 Å². The monoisotopic (exact) mass is 226 g/mol. The minimum absolute atomic E-state index is 0.827. The van der Waals surface area contributed by atoms with E-state index in [4.69, 9.17) is 4.74 Å². The summed E-state index contributed by atoms with van der Waals surface area (Å²) in [6, 6.07) is 1.83. The number of aromatic nitrogens is 2. The molecule has 0 saturated heterocycles. The van der Waals surface area contributed by atoms with Gasteiger partial charge in [0, 0.05) is 16.9 Å². The molecule has 0 unspecified atom stereocenters. The third-order valence-corrected chi connectivity index (χ3v) is 2.33. The number of rotatable bonds is 1. The minimum Gasteiger partial charge on any atom is -0.496 e. The molecule has 0 amide bonds. The summed E-state index contributed by atoms with van der Waals surface area (Å²) in [5.41, 5.74) is 0.834. The van der Waals surface area contributed by atoms with E-state index in [1.807, 2.05) is 12.3 Å². The van der Waals surface area contributed by atoms with Gasteiger partial charge in [0.15, 0.2) is 0 Å². The van der Waals surface area contributed by atoms with Gasteiger partial charge in [-0.25, -0.2) is 4.98 Å². The molecule has 0 atom stereocenters. The van der Waals surface area contributed by atoms with Crippen molar-refractivity contribution in [3.8, 4) is 5.75 Å². The number of nitrogens with one attached hydrogen (secondary N) is 1. The van der Waals surface area contributed by atoms with E-state index in [1.54, 1.807) is 13.3 Å². The highest BCUT2D eigenvalue weighted by Crippen LogP contribution is 2.30. The Morgan fingerprint density at radius 3 is 3.17 bits per heavy atom. The summed E-state index contributed by atoms with van der Waals surface area (Å²) in [5.74, 6) is 0.827. The van der Waals surface area contributed by atoms with Crippen molar-refractivity contribution in [1.29, 1.82) is 0 Å². The second-order valence-electron chi connectivity index (χ2n) is 2.37. The van der Waals surface area contributed by atoms with E-state index in [-0.39, 0.29) is 0 Å². The van der Waals surface area contributed by atoms with Crippen LogP contribution in [0.25, 0.3) is 11.0 Å². The Morgan fingerprint density at radius 1 is 1.58 bits per heavy atom. The fourth-order valence-electron chi connectivity index (χ4n) is 1.16. The standard InChI is InChI=1S/C8H7BrN2O/c1-12-6-2-3-10-8-7(6)5(9)4-11-8/h2-4H,1H3,(H,10,11). The molecule has 0 bridgehead atoms. The lowest BCUT2D eigenvalue weighted by Crippen LogP contribution is -1.84. The van der Waals surface area contributed by atoms with E-state index in [0.717, 1.165) is 21.3 Å². The molecule has 2 rings (SSSR count). The van der Waals surface area contributed by atoms with Crippen LogP contribution in [0.2, 0.25) is 0 Å². The lowest BCUT2D eigenvalue weighted by molar-refractivity contribution is 0.419. The van der Waals surface area contributed by atoms with Crippen LogP contribution in [0.3, 0.4) is 0 Å². The summed E-state index contributed by atoms with van der Waals surface area (Å²) in [7, 11) is 1.65. The molecule has 0 radical (unpaired) electrons. The van der Waals surface area contributed by atoms with E-state index in [1.165, 1.54) is 0 Å². The van der Waals surface area contributed by atoms with Gasteiger partial charge in [0.25, 0.3) is 0 Å². The van der Waals surface area contributed by atoms with Gasteiger partial charge in [0.1, 0.15) is 11.4 Å². The van der Waals surface area contributed by atoms with Crippen LogP contribution in [-0.4, -0.2) is 17.1 Å². The zero-order chi connectivity index (χ0) is 8.55. The topological polar surface area (TPSA) is 37.9 Å². The van der Waals surface area contributed by atoms with Crippen molar-refractivity contribution in [3.05, 3.63) is 22.9 Å². The molecule has 2 aromatic rings. The molecular formula is C8H7BrN2O. The molecule has 3 nitrogen and oxygen atoms in total. The van der Waals surface area contributed by atoms with Gasteiger partial charge in [-0.15, -0.1) is 0 Å². The van der Waals surface area contributed by atoms with Gasteiger partial charge >= 0.3 is 0 Å². The number of aromatic amines is 1. The Kier molecular flexibility index (Phi) is 1.77. The van der Waals surface area contributed by atoms with Crippen LogP contribution in [0.15, 0.2) is 22.9 Å². The first-order valence-electron chi connectivity index (χ1n) is 3.48. The smallest absolute Gasteiger partial charge is 0.142 e. The molecule has 0 spiro atoms. The fraction of sp³-hybridized carbons (Fsp3) is 0.125. The van der Waals surface area contributed by atoms with Crippen LogP contribution in [0.1, 0.15) is 0 Å². The Balaban J connectivity index is 2.84. The van der Waals surface area contributed by atoms with Crippen molar-refractivity contribution < 1.29 is 4.74 Å². The molecule has 0 fully saturated rings. The third-order valence-electron chi connectivity index (χ3n) is 1.71. The number of pyridine rings is 1. The van der Waals surface area contributed by atoms with Gasteiger partial charge in [-0.3, -0.25) is 0 Å². The highest BCUT2D eigenvalue weighted by Gasteiger charge is 2.06. The van der Waals surface area contributed by atoms with Gasteiger partial charge in [-0.1, -0.05) is 0 Å². The van der Waals surface area contributed by atoms with Crippen molar-refractivity contribution in [1.82, 2.24) is 9.97 Å². The van der Waals surface area contributed by atoms with Gasteiger partial charge in [-0.2, -0.15) is 0 Å². The summed E-state index contributed by atoms with van der Waals surface area (Å²) >= 11 is 3.41. The van der Waals surface area contributed by atoms with E-state index >= 15 is 0 Å². The first-order valence-corrected chi connectivity index (χ1v) is 4.28. The van der Waals surface area contributed by atoms with Gasteiger partial charge in [0.05, 0.1) is 12.5 Å². The Hall–Kier alpha value is -1.03. The molecular weight excluding hydrogens is 220 g/mol. The lowest BCUT2D eigenvalue weighted by atomic mass is 10.3. The fourth-order valence-corrected chi connectivity index (χ4v) is 1.66. The van der Waals surface area contributed by atoms with Crippen molar-refractivity contribution in [2.45, 2.75) is 0 Å². The van der Waals surface area contributed by atoms with Crippen molar-refractivity contribution >= 4 is 27.0 Å². The molecule has 0 aromatic carbocycles. The maximum atomic E-state index is 5.18. The number of hydrogen-bond donors (Lipinski definition) is 1. The highest BCUT2D eigenvalue weighted by molar-refractivity contribution is 9.10. The van der Waals surface area contributed by atoms with Gasteiger partial charge < -0.3 is 9.72 Å². The molecule has 2 heterocycles. The summed E-state index contributed by atoms with van der Waals surface area (Å²) < 4.78 is 6.15. The van der Waals surface area contributed by atoms with E-state index in [9.17, 15) is 0 Å². The quantitative estimate of drug-likeness (QED) is 0.811. The van der Waals surface area contributed by atoms with Crippen LogP contribution in [0.5, 0.6) is 5.75 Å². The average molecular weight is 227 g/mol. The molecule has 4 heteroatoms. The number of fused-ring (bicyclic) bond motifs is 1. The normalized spacial score (nSPS) is 10.5. The number of hydrogen-bond acceptors (Lipinski definition) is 2. The number of nitrogens with zero attached hydrogens (tertiary/aromatic N) is 1. The number of H-pyrrole nitrogens is 1. The Labute approximate surface area is 77.9 Å². The first kappa shape index (κ1) is 7.61. The SMILES string of the molecule is COc1ccnc2[nH]cc(Br)c12. The van der Waals surface area contributed by atoms with Crippen LogP contribution in [-0.2, 0) is 0 Å². The lowest BCUT2D eigenvalue weighted by Gasteiger charge is -1.99. The molecule has 12 heavy (non-hydrogen) atoms. The number of halogens is 1. The summed E-state index contributed by atoms with van der Waals surface area (Å²) in [6.45, 7) is 0. The number of methoxy groups -OCH3 is 1. The Bertz CT molecular complexity index is 410. The van der Waals surface area contributed by atoms with Crippen LogP contribution >= 0.6 is 15.9 Å². The molecule has 62 valence electrons. The van der Waals surface area contributed by atoms with Crippen molar-refractivity contribution in [2.75, 3.05) is 7.11 Å². The summed E-state index contributed by atoms with van der Waals surface area (Å²) in [5, 5.41) is 0.986. The van der Waals surface area contributed by atoms with Crippen LogP contribution in [0.4, 0.5) is 0 Å². The largest absolute Gasteiger partial charge is 0.496 e.